The van der Waals surface area contributed by atoms with Gasteiger partial charge in [0.25, 0.3) is 0 Å². The lowest BCUT2D eigenvalue weighted by molar-refractivity contribution is -0.142. The summed E-state index contributed by atoms with van der Waals surface area (Å²) >= 11 is 5.60. The van der Waals surface area contributed by atoms with E-state index in [1.165, 1.54) is 12.3 Å². The second-order valence-corrected chi connectivity index (χ2v) is 3.00. The Hall–Kier alpha value is -1.29. The van der Waals surface area contributed by atoms with Crippen LogP contribution in [0.4, 0.5) is 0 Å². The van der Waals surface area contributed by atoms with Crippen molar-refractivity contribution < 1.29 is 14.6 Å². The fraction of sp³-hybridized carbons (Fsp3) is 0.333. The van der Waals surface area contributed by atoms with Gasteiger partial charge in [0, 0.05) is 5.56 Å². The minimum Gasteiger partial charge on any atom is -0.506 e. The number of hydrogen-bond acceptors (Lipinski definition) is 4. The SMILES string of the molecule is CCOC(=O)Cc1cc(Cl)ncc1O. The fourth-order valence-electron chi connectivity index (χ4n) is 0.970. The molecule has 0 radical (unpaired) electrons. The van der Waals surface area contributed by atoms with E-state index in [0.717, 1.165) is 0 Å². The largest absolute Gasteiger partial charge is 0.506 e. The number of esters is 1. The number of aromatic hydroxyl groups is 1. The van der Waals surface area contributed by atoms with Crippen molar-refractivity contribution in [2.24, 2.45) is 0 Å². The molecule has 1 rings (SSSR count). The molecule has 0 amide bonds. The van der Waals surface area contributed by atoms with Crippen LogP contribution >= 0.6 is 11.6 Å². The van der Waals surface area contributed by atoms with E-state index in [9.17, 15) is 9.90 Å². The van der Waals surface area contributed by atoms with Crippen LogP contribution in [-0.2, 0) is 16.0 Å². The highest BCUT2D eigenvalue weighted by molar-refractivity contribution is 6.29. The van der Waals surface area contributed by atoms with E-state index in [4.69, 9.17) is 16.3 Å². The lowest BCUT2D eigenvalue weighted by Gasteiger charge is -2.04. The van der Waals surface area contributed by atoms with Gasteiger partial charge in [0.1, 0.15) is 10.9 Å². The van der Waals surface area contributed by atoms with Gasteiger partial charge in [0.05, 0.1) is 19.2 Å². The van der Waals surface area contributed by atoms with Crippen molar-refractivity contribution in [2.75, 3.05) is 6.61 Å². The highest BCUT2D eigenvalue weighted by Crippen LogP contribution is 2.19. The molecule has 0 aromatic carbocycles. The zero-order valence-corrected chi connectivity index (χ0v) is 8.41. The van der Waals surface area contributed by atoms with Gasteiger partial charge in [-0.25, -0.2) is 4.98 Å². The monoisotopic (exact) mass is 215 g/mol. The lowest BCUT2D eigenvalue weighted by Crippen LogP contribution is -2.07. The van der Waals surface area contributed by atoms with E-state index >= 15 is 0 Å². The van der Waals surface area contributed by atoms with Crippen LogP contribution in [-0.4, -0.2) is 22.7 Å². The van der Waals surface area contributed by atoms with E-state index in [2.05, 4.69) is 4.98 Å². The first-order chi connectivity index (χ1) is 6.63. The molecule has 14 heavy (non-hydrogen) atoms. The number of halogens is 1. The molecular formula is C9H10ClNO3. The predicted molar refractivity (Wildman–Crippen MR) is 51.2 cm³/mol. The second kappa shape index (κ2) is 4.81. The molecule has 1 aromatic rings. The number of nitrogens with zero attached hydrogens (tertiary/aromatic N) is 1. The zero-order valence-electron chi connectivity index (χ0n) is 7.66. The molecule has 5 heteroatoms. The van der Waals surface area contributed by atoms with Gasteiger partial charge in [-0.2, -0.15) is 0 Å². The molecule has 0 aliphatic carbocycles. The number of carbonyl (C=O) groups is 1. The summed E-state index contributed by atoms with van der Waals surface area (Å²) in [5.74, 6) is -0.451. The van der Waals surface area contributed by atoms with Crippen LogP contribution in [0.5, 0.6) is 5.75 Å². The van der Waals surface area contributed by atoms with Crippen LogP contribution in [0.15, 0.2) is 12.3 Å². The summed E-state index contributed by atoms with van der Waals surface area (Å²) in [6, 6.07) is 1.44. The molecule has 0 aliphatic heterocycles. The van der Waals surface area contributed by atoms with E-state index < -0.39 is 5.97 Å². The second-order valence-electron chi connectivity index (χ2n) is 2.62. The maximum Gasteiger partial charge on any atom is 0.310 e. The Morgan fingerprint density at radius 3 is 3.07 bits per heavy atom. The number of ether oxygens (including phenoxy) is 1. The Bertz CT molecular complexity index is 341. The van der Waals surface area contributed by atoms with Gasteiger partial charge < -0.3 is 9.84 Å². The van der Waals surface area contributed by atoms with Crippen molar-refractivity contribution in [3.05, 3.63) is 23.0 Å². The van der Waals surface area contributed by atoms with Crippen LogP contribution in [0.3, 0.4) is 0 Å². The van der Waals surface area contributed by atoms with Crippen LogP contribution in [0, 0.1) is 0 Å². The maximum atomic E-state index is 11.1. The summed E-state index contributed by atoms with van der Waals surface area (Å²) in [5, 5.41) is 9.56. The van der Waals surface area contributed by atoms with Crippen LogP contribution in [0.25, 0.3) is 0 Å². The van der Waals surface area contributed by atoms with E-state index in [1.807, 2.05) is 0 Å². The smallest absolute Gasteiger partial charge is 0.310 e. The van der Waals surface area contributed by atoms with Crippen molar-refractivity contribution in [1.29, 1.82) is 0 Å². The highest BCUT2D eigenvalue weighted by atomic mass is 35.5. The Morgan fingerprint density at radius 1 is 1.71 bits per heavy atom. The number of pyridine rings is 1. The molecule has 1 N–H and O–H groups in total. The zero-order chi connectivity index (χ0) is 10.6. The quantitative estimate of drug-likeness (QED) is 0.614. The number of carbonyl (C=O) groups excluding carboxylic acids is 1. The molecule has 1 heterocycles. The summed E-state index contributed by atoms with van der Waals surface area (Å²) in [4.78, 5) is 14.7. The summed E-state index contributed by atoms with van der Waals surface area (Å²) in [5.41, 5.74) is 0.420. The van der Waals surface area contributed by atoms with Crippen molar-refractivity contribution in [3.63, 3.8) is 0 Å². The number of aromatic nitrogens is 1. The molecule has 0 aliphatic rings. The van der Waals surface area contributed by atoms with E-state index in [1.54, 1.807) is 6.92 Å². The summed E-state index contributed by atoms with van der Waals surface area (Å²) < 4.78 is 4.73. The van der Waals surface area contributed by atoms with Crippen molar-refractivity contribution in [3.8, 4) is 5.75 Å². The van der Waals surface area contributed by atoms with Crippen LogP contribution in [0.2, 0.25) is 5.15 Å². The van der Waals surface area contributed by atoms with Gasteiger partial charge in [0.2, 0.25) is 0 Å². The fourth-order valence-corrected chi connectivity index (χ4v) is 1.15. The average Bonchev–Trinajstić information content (AvgIpc) is 2.12. The normalized spacial score (nSPS) is 9.86. The Balaban J connectivity index is 2.75. The highest BCUT2D eigenvalue weighted by Gasteiger charge is 2.09. The first-order valence-electron chi connectivity index (χ1n) is 4.12. The Kier molecular flexibility index (Phi) is 3.71. The third-order valence-electron chi connectivity index (χ3n) is 1.57. The third-order valence-corrected chi connectivity index (χ3v) is 1.78. The average molecular weight is 216 g/mol. The van der Waals surface area contributed by atoms with Gasteiger partial charge in [-0.05, 0) is 13.0 Å². The van der Waals surface area contributed by atoms with Gasteiger partial charge >= 0.3 is 5.97 Å². The molecule has 1 aromatic heterocycles. The first-order valence-corrected chi connectivity index (χ1v) is 4.50. The number of rotatable bonds is 3. The predicted octanol–water partition coefficient (Wildman–Crippen LogP) is 1.55. The summed E-state index contributed by atoms with van der Waals surface area (Å²) in [6.07, 6.45) is 1.21. The van der Waals surface area contributed by atoms with Crippen LogP contribution < -0.4 is 0 Å². The van der Waals surface area contributed by atoms with E-state index in [-0.39, 0.29) is 17.3 Å². The molecule has 4 nitrogen and oxygen atoms in total. The van der Waals surface area contributed by atoms with Gasteiger partial charge in [-0.15, -0.1) is 0 Å². The molecule has 0 bridgehead atoms. The Labute approximate surface area is 86.5 Å². The topological polar surface area (TPSA) is 59.4 Å². The van der Waals surface area contributed by atoms with Crippen molar-refractivity contribution in [2.45, 2.75) is 13.3 Å². The minimum atomic E-state index is -0.398. The van der Waals surface area contributed by atoms with Crippen molar-refractivity contribution in [1.82, 2.24) is 4.98 Å². The summed E-state index contributed by atoms with van der Waals surface area (Å²) in [6.45, 7) is 2.04. The molecule has 0 unspecified atom stereocenters. The van der Waals surface area contributed by atoms with Gasteiger partial charge in [0.15, 0.2) is 0 Å². The third kappa shape index (κ3) is 2.88. The molecule has 0 spiro atoms. The molecule has 0 saturated heterocycles. The molecule has 0 saturated carbocycles. The first kappa shape index (κ1) is 10.8. The Morgan fingerprint density at radius 2 is 2.43 bits per heavy atom. The summed E-state index contributed by atoms with van der Waals surface area (Å²) in [7, 11) is 0. The minimum absolute atomic E-state index is 0.00190. The molecule has 76 valence electrons. The van der Waals surface area contributed by atoms with Crippen LogP contribution in [0.1, 0.15) is 12.5 Å². The van der Waals surface area contributed by atoms with Gasteiger partial charge in [-0.1, -0.05) is 11.6 Å². The molecular weight excluding hydrogens is 206 g/mol. The van der Waals surface area contributed by atoms with Crippen molar-refractivity contribution >= 4 is 17.6 Å². The standard InChI is InChI=1S/C9H10ClNO3/c1-2-14-9(13)4-6-3-8(10)11-5-7(6)12/h3,5,12H,2,4H2,1H3. The molecule has 0 atom stereocenters. The molecule has 0 fully saturated rings. The number of hydrogen-bond donors (Lipinski definition) is 1. The lowest BCUT2D eigenvalue weighted by atomic mass is 10.2. The van der Waals surface area contributed by atoms with Gasteiger partial charge in [-0.3, -0.25) is 4.79 Å². The van der Waals surface area contributed by atoms with E-state index in [0.29, 0.717) is 12.2 Å². The maximum absolute atomic E-state index is 11.1.